The summed E-state index contributed by atoms with van der Waals surface area (Å²) >= 11 is 4.94. The molecule has 0 radical (unpaired) electrons. The number of rotatable bonds is 3. The van der Waals surface area contributed by atoms with E-state index in [4.69, 9.17) is 12.2 Å². The van der Waals surface area contributed by atoms with Crippen LogP contribution in [0.3, 0.4) is 0 Å². The van der Waals surface area contributed by atoms with Gasteiger partial charge in [-0.05, 0) is 23.9 Å². The summed E-state index contributed by atoms with van der Waals surface area (Å²) in [5.41, 5.74) is 1.13. The summed E-state index contributed by atoms with van der Waals surface area (Å²) in [6.45, 7) is 0. The molecule has 0 atom stereocenters. The molecule has 0 aliphatic heterocycles. The number of hydrogen-bond donors (Lipinski definition) is 1. The molecule has 1 aromatic carbocycles. The Bertz CT molecular complexity index is 551. The lowest BCUT2D eigenvalue weighted by Gasteiger charge is -1.89. The molecule has 5 heteroatoms. The van der Waals surface area contributed by atoms with Gasteiger partial charge in [0.25, 0.3) is 0 Å². The van der Waals surface area contributed by atoms with Crippen molar-refractivity contribution in [2.24, 2.45) is 5.10 Å². The molecule has 16 heavy (non-hydrogen) atoms. The Labute approximate surface area is 97.9 Å². The molecule has 0 bridgehead atoms. The second-order valence-electron chi connectivity index (χ2n) is 3.04. The molecular weight excluding hydrogens is 220 g/mol. The van der Waals surface area contributed by atoms with Crippen LogP contribution in [0.2, 0.25) is 0 Å². The number of nitrogens with one attached hydrogen (secondary N) is 1. The minimum atomic E-state index is 0.476. The van der Waals surface area contributed by atoms with Crippen molar-refractivity contribution in [3.05, 3.63) is 53.1 Å². The third-order valence-corrected chi connectivity index (χ3v) is 2.18. The van der Waals surface area contributed by atoms with Crippen LogP contribution in [0.15, 0.2) is 47.8 Å². The van der Waals surface area contributed by atoms with Gasteiger partial charge in [-0.25, -0.2) is 0 Å². The van der Waals surface area contributed by atoms with Crippen molar-refractivity contribution >= 4 is 24.5 Å². The fourth-order valence-corrected chi connectivity index (χ4v) is 1.30. The first-order valence-corrected chi connectivity index (χ1v) is 5.15. The smallest absolute Gasteiger partial charge is 0.216 e. The van der Waals surface area contributed by atoms with Crippen LogP contribution in [0.5, 0.6) is 0 Å². The lowest BCUT2D eigenvalue weighted by Crippen LogP contribution is -1.85. The molecule has 0 fully saturated rings. The topological polar surface area (TPSA) is 46.0 Å². The molecule has 0 aliphatic rings. The summed E-state index contributed by atoms with van der Waals surface area (Å²) in [6, 6.07) is 10.0. The Kier molecular flexibility index (Phi) is 3.40. The van der Waals surface area contributed by atoms with E-state index in [9.17, 15) is 0 Å². The number of aromatic nitrogens is 3. The summed E-state index contributed by atoms with van der Waals surface area (Å²) < 4.78 is 1.97. The maximum Gasteiger partial charge on any atom is 0.216 e. The van der Waals surface area contributed by atoms with Crippen LogP contribution >= 0.6 is 12.2 Å². The number of allylic oxidation sites excluding steroid dienone is 1. The Morgan fingerprint density at radius 1 is 1.31 bits per heavy atom. The third kappa shape index (κ3) is 2.74. The lowest BCUT2D eigenvalue weighted by molar-refractivity contribution is 0.863. The number of benzene rings is 1. The average molecular weight is 230 g/mol. The number of hydrogen-bond acceptors (Lipinski definition) is 3. The second kappa shape index (κ2) is 5.18. The molecule has 1 aromatic heterocycles. The molecular formula is C11H10N4S. The first kappa shape index (κ1) is 10.5. The van der Waals surface area contributed by atoms with E-state index in [1.54, 1.807) is 6.21 Å². The molecule has 1 N–H and O–H groups in total. The van der Waals surface area contributed by atoms with Crippen molar-refractivity contribution in [2.45, 2.75) is 0 Å². The summed E-state index contributed by atoms with van der Waals surface area (Å²) in [5, 5.41) is 10.5. The predicted molar refractivity (Wildman–Crippen MR) is 66.8 cm³/mol. The van der Waals surface area contributed by atoms with Crippen LogP contribution in [-0.4, -0.2) is 21.1 Å². The molecule has 4 nitrogen and oxygen atoms in total. The minimum Gasteiger partial charge on any atom is -0.250 e. The van der Waals surface area contributed by atoms with E-state index in [0.29, 0.717) is 4.77 Å². The number of nitrogens with zero attached hydrogens (tertiary/aromatic N) is 3. The van der Waals surface area contributed by atoms with Crippen LogP contribution in [0.4, 0.5) is 0 Å². The van der Waals surface area contributed by atoms with Gasteiger partial charge in [-0.15, -0.1) is 0 Å². The van der Waals surface area contributed by atoms with E-state index >= 15 is 0 Å². The van der Waals surface area contributed by atoms with Gasteiger partial charge in [0, 0.05) is 6.21 Å². The highest BCUT2D eigenvalue weighted by atomic mass is 32.1. The van der Waals surface area contributed by atoms with Crippen molar-refractivity contribution in [1.29, 1.82) is 0 Å². The largest absolute Gasteiger partial charge is 0.250 e. The second-order valence-corrected chi connectivity index (χ2v) is 3.43. The Morgan fingerprint density at radius 2 is 2.12 bits per heavy atom. The van der Waals surface area contributed by atoms with Crippen LogP contribution in [0.25, 0.3) is 6.08 Å². The normalized spacial score (nSPS) is 11.5. The van der Waals surface area contributed by atoms with E-state index in [2.05, 4.69) is 15.3 Å². The molecule has 0 saturated heterocycles. The molecule has 1 heterocycles. The van der Waals surface area contributed by atoms with E-state index < -0.39 is 0 Å². The SMILES string of the molecule is S=c1[nH]ncn1/N=C\C=C/c1ccccc1. The van der Waals surface area contributed by atoms with Gasteiger partial charge >= 0.3 is 0 Å². The van der Waals surface area contributed by atoms with Gasteiger partial charge in [-0.1, -0.05) is 36.4 Å². The van der Waals surface area contributed by atoms with Gasteiger partial charge < -0.3 is 0 Å². The van der Waals surface area contributed by atoms with Gasteiger partial charge in [0.15, 0.2) is 0 Å². The van der Waals surface area contributed by atoms with Crippen molar-refractivity contribution in [3.63, 3.8) is 0 Å². The zero-order valence-electron chi connectivity index (χ0n) is 8.45. The fourth-order valence-electron chi connectivity index (χ4n) is 1.15. The molecule has 0 amide bonds. The van der Waals surface area contributed by atoms with Crippen LogP contribution < -0.4 is 0 Å². The molecule has 2 aromatic rings. The Balaban J connectivity index is 2.03. The maximum absolute atomic E-state index is 4.94. The van der Waals surface area contributed by atoms with Crippen LogP contribution in [0, 0.1) is 4.77 Å². The minimum absolute atomic E-state index is 0.476. The summed E-state index contributed by atoms with van der Waals surface area (Å²) in [6.07, 6.45) is 7.00. The van der Waals surface area contributed by atoms with E-state index in [-0.39, 0.29) is 0 Å². The zero-order valence-corrected chi connectivity index (χ0v) is 9.26. The third-order valence-electron chi connectivity index (χ3n) is 1.90. The van der Waals surface area contributed by atoms with Crippen LogP contribution in [-0.2, 0) is 0 Å². The van der Waals surface area contributed by atoms with E-state index in [0.717, 1.165) is 5.56 Å². The van der Waals surface area contributed by atoms with Crippen LogP contribution in [0.1, 0.15) is 5.56 Å². The van der Waals surface area contributed by atoms with Gasteiger partial charge in [0.1, 0.15) is 6.33 Å². The average Bonchev–Trinajstić information content (AvgIpc) is 2.72. The number of aromatic amines is 1. The highest BCUT2D eigenvalue weighted by Crippen LogP contribution is 1.99. The summed E-state index contributed by atoms with van der Waals surface area (Å²) in [4.78, 5) is 0. The quantitative estimate of drug-likeness (QED) is 0.650. The molecule has 0 saturated carbocycles. The van der Waals surface area contributed by atoms with Gasteiger partial charge in [-0.3, -0.25) is 5.10 Å². The van der Waals surface area contributed by atoms with E-state index in [1.807, 2.05) is 42.5 Å². The predicted octanol–water partition coefficient (Wildman–Crippen LogP) is 2.49. The van der Waals surface area contributed by atoms with Gasteiger partial charge in [0.05, 0.1) is 0 Å². The van der Waals surface area contributed by atoms with Gasteiger partial charge in [0.2, 0.25) is 4.77 Å². The molecule has 2 rings (SSSR count). The standard InChI is InChI=1S/C11H10N4S/c16-11-14-12-9-15(11)13-8-4-7-10-5-2-1-3-6-10/h1-9H,(H,14,16)/b7-4-,13-8-. The monoisotopic (exact) mass is 230 g/mol. The van der Waals surface area contributed by atoms with E-state index in [1.165, 1.54) is 11.0 Å². The van der Waals surface area contributed by atoms with Gasteiger partial charge in [-0.2, -0.15) is 14.9 Å². The molecule has 0 aliphatic carbocycles. The lowest BCUT2D eigenvalue weighted by atomic mass is 10.2. The summed E-state index contributed by atoms with van der Waals surface area (Å²) in [5.74, 6) is 0. The molecule has 80 valence electrons. The van der Waals surface area contributed by atoms with Crippen molar-refractivity contribution in [2.75, 3.05) is 0 Å². The number of H-pyrrole nitrogens is 1. The fraction of sp³-hybridized carbons (Fsp3) is 0. The molecule has 0 unspecified atom stereocenters. The summed E-state index contributed by atoms with van der Waals surface area (Å²) in [7, 11) is 0. The maximum atomic E-state index is 4.94. The first-order valence-electron chi connectivity index (χ1n) is 4.74. The van der Waals surface area contributed by atoms with Crippen molar-refractivity contribution < 1.29 is 0 Å². The van der Waals surface area contributed by atoms with Crippen molar-refractivity contribution in [1.82, 2.24) is 14.9 Å². The molecule has 0 spiro atoms. The Hall–Kier alpha value is -2.01. The zero-order chi connectivity index (χ0) is 11.2. The highest BCUT2D eigenvalue weighted by Gasteiger charge is 1.85. The highest BCUT2D eigenvalue weighted by molar-refractivity contribution is 7.71. The Morgan fingerprint density at radius 3 is 2.81 bits per heavy atom. The first-order chi connectivity index (χ1) is 7.86. The van der Waals surface area contributed by atoms with Crippen molar-refractivity contribution in [3.8, 4) is 0 Å².